The van der Waals surface area contributed by atoms with Gasteiger partial charge in [-0.15, -0.1) is 0 Å². The lowest BCUT2D eigenvalue weighted by Crippen LogP contribution is -2.43. The maximum atomic E-state index is 11.1. The van der Waals surface area contributed by atoms with Gasteiger partial charge in [0.25, 0.3) is 0 Å². The summed E-state index contributed by atoms with van der Waals surface area (Å²) in [4.78, 5) is 15.8. The third kappa shape index (κ3) is 6.36. The van der Waals surface area contributed by atoms with Crippen LogP contribution in [0.2, 0.25) is 0 Å². The fourth-order valence-corrected chi connectivity index (χ4v) is 2.74. The summed E-state index contributed by atoms with van der Waals surface area (Å²) in [6.45, 7) is 8.21. The topological polar surface area (TPSA) is 55.8 Å². The Bertz CT molecular complexity index is 284. The molecule has 0 saturated carbocycles. The first kappa shape index (κ1) is 16.4. The van der Waals surface area contributed by atoms with Gasteiger partial charge < -0.3 is 20.2 Å². The normalized spacial score (nSPS) is 22.3. The lowest BCUT2D eigenvalue weighted by Gasteiger charge is -2.23. The second kappa shape index (κ2) is 7.82. The number of hydrogen-bond acceptors (Lipinski definition) is 4. The van der Waals surface area contributed by atoms with E-state index in [0.29, 0.717) is 6.42 Å². The van der Waals surface area contributed by atoms with E-state index in [1.165, 1.54) is 13.0 Å². The molecule has 0 aromatic heterocycles. The Balaban J connectivity index is 2.27. The van der Waals surface area contributed by atoms with Crippen LogP contribution < -0.4 is 5.32 Å². The standard InChI is InChI=1S/C14H29N3O2/c1-11(2)15-13(14(18)19)6-8-17(4)10-12-5-7-16(3)9-12/h11-13,15H,5-10H2,1-4H3,(H,18,19). The van der Waals surface area contributed by atoms with Gasteiger partial charge >= 0.3 is 5.97 Å². The third-order valence-corrected chi connectivity index (χ3v) is 3.69. The zero-order valence-corrected chi connectivity index (χ0v) is 12.7. The average molecular weight is 271 g/mol. The number of likely N-dealkylation sites (tertiary alicyclic amines) is 1. The van der Waals surface area contributed by atoms with Gasteiger partial charge in [-0.3, -0.25) is 4.79 Å². The number of carboxylic acid groups (broad SMARTS) is 1. The average Bonchev–Trinajstić information content (AvgIpc) is 2.69. The van der Waals surface area contributed by atoms with Crippen LogP contribution in [-0.2, 0) is 4.79 Å². The summed E-state index contributed by atoms with van der Waals surface area (Å²) in [5.74, 6) is -0.0148. The van der Waals surface area contributed by atoms with Gasteiger partial charge in [0.1, 0.15) is 6.04 Å². The van der Waals surface area contributed by atoms with E-state index in [1.807, 2.05) is 13.8 Å². The van der Waals surface area contributed by atoms with Crippen molar-refractivity contribution < 1.29 is 9.90 Å². The van der Waals surface area contributed by atoms with Crippen LogP contribution in [0.25, 0.3) is 0 Å². The quantitative estimate of drug-likeness (QED) is 0.681. The Kier molecular flexibility index (Phi) is 6.75. The van der Waals surface area contributed by atoms with Crippen molar-refractivity contribution in [3.05, 3.63) is 0 Å². The highest BCUT2D eigenvalue weighted by Gasteiger charge is 2.22. The highest BCUT2D eigenvalue weighted by Crippen LogP contribution is 2.15. The number of aliphatic carboxylic acids is 1. The molecule has 0 aromatic carbocycles. The molecule has 0 amide bonds. The molecule has 1 aliphatic heterocycles. The largest absolute Gasteiger partial charge is 0.480 e. The van der Waals surface area contributed by atoms with Gasteiger partial charge in [-0.2, -0.15) is 0 Å². The summed E-state index contributed by atoms with van der Waals surface area (Å²) < 4.78 is 0. The Morgan fingerprint density at radius 2 is 2.21 bits per heavy atom. The number of rotatable bonds is 8. The van der Waals surface area contributed by atoms with Crippen molar-refractivity contribution in [3.8, 4) is 0 Å². The van der Waals surface area contributed by atoms with Crippen LogP contribution in [0.1, 0.15) is 26.7 Å². The minimum atomic E-state index is -0.748. The maximum Gasteiger partial charge on any atom is 0.320 e. The fraction of sp³-hybridized carbons (Fsp3) is 0.929. The molecule has 2 unspecified atom stereocenters. The number of hydrogen-bond donors (Lipinski definition) is 2. The predicted octanol–water partition coefficient (Wildman–Crippen LogP) is 0.711. The third-order valence-electron chi connectivity index (χ3n) is 3.69. The van der Waals surface area contributed by atoms with E-state index < -0.39 is 12.0 Å². The number of carboxylic acids is 1. The van der Waals surface area contributed by atoms with Gasteiger partial charge in [0.15, 0.2) is 0 Å². The van der Waals surface area contributed by atoms with Gasteiger partial charge in [0.2, 0.25) is 0 Å². The smallest absolute Gasteiger partial charge is 0.320 e. The number of carbonyl (C=O) groups is 1. The molecule has 0 spiro atoms. The summed E-state index contributed by atoms with van der Waals surface area (Å²) in [6.07, 6.45) is 1.92. The van der Waals surface area contributed by atoms with E-state index in [1.54, 1.807) is 0 Å². The van der Waals surface area contributed by atoms with Crippen LogP contribution >= 0.6 is 0 Å². The fourth-order valence-electron chi connectivity index (χ4n) is 2.74. The molecule has 0 radical (unpaired) electrons. The highest BCUT2D eigenvalue weighted by molar-refractivity contribution is 5.73. The first-order valence-electron chi connectivity index (χ1n) is 7.24. The minimum Gasteiger partial charge on any atom is -0.480 e. The van der Waals surface area contributed by atoms with Gasteiger partial charge in [-0.25, -0.2) is 0 Å². The van der Waals surface area contributed by atoms with E-state index in [-0.39, 0.29) is 6.04 Å². The maximum absolute atomic E-state index is 11.1. The van der Waals surface area contributed by atoms with E-state index in [4.69, 9.17) is 5.11 Å². The molecule has 1 rings (SSSR count). The Hall–Kier alpha value is -0.650. The molecule has 1 fully saturated rings. The molecule has 5 heteroatoms. The second-order valence-electron chi connectivity index (χ2n) is 6.18. The summed E-state index contributed by atoms with van der Waals surface area (Å²) in [5, 5.41) is 12.3. The molecule has 1 aliphatic rings. The molecule has 0 aromatic rings. The van der Waals surface area contributed by atoms with Gasteiger partial charge in [-0.1, -0.05) is 13.8 Å². The molecular weight excluding hydrogens is 242 g/mol. The van der Waals surface area contributed by atoms with Crippen molar-refractivity contribution in [2.45, 2.75) is 38.8 Å². The molecule has 112 valence electrons. The van der Waals surface area contributed by atoms with Crippen LogP contribution in [0, 0.1) is 5.92 Å². The van der Waals surface area contributed by atoms with Crippen LogP contribution in [0.4, 0.5) is 0 Å². The van der Waals surface area contributed by atoms with E-state index >= 15 is 0 Å². The summed E-state index contributed by atoms with van der Waals surface area (Å²) >= 11 is 0. The molecule has 2 N–H and O–H groups in total. The van der Waals surface area contributed by atoms with Crippen molar-refractivity contribution >= 4 is 5.97 Å². The highest BCUT2D eigenvalue weighted by atomic mass is 16.4. The molecule has 0 bridgehead atoms. The summed E-state index contributed by atoms with van der Waals surface area (Å²) in [5.41, 5.74) is 0. The summed E-state index contributed by atoms with van der Waals surface area (Å²) in [7, 11) is 4.25. The Labute approximate surface area is 117 Å². The Morgan fingerprint density at radius 3 is 2.68 bits per heavy atom. The second-order valence-corrected chi connectivity index (χ2v) is 6.18. The minimum absolute atomic E-state index is 0.204. The van der Waals surface area contributed by atoms with Crippen molar-refractivity contribution in [3.63, 3.8) is 0 Å². The zero-order valence-electron chi connectivity index (χ0n) is 12.7. The van der Waals surface area contributed by atoms with Crippen LogP contribution in [0.3, 0.4) is 0 Å². The zero-order chi connectivity index (χ0) is 14.4. The monoisotopic (exact) mass is 271 g/mol. The first-order chi connectivity index (χ1) is 8.88. The van der Waals surface area contributed by atoms with Crippen molar-refractivity contribution in [2.24, 2.45) is 5.92 Å². The molecule has 1 saturated heterocycles. The van der Waals surface area contributed by atoms with Gasteiger partial charge in [-0.05, 0) is 45.9 Å². The van der Waals surface area contributed by atoms with E-state index in [0.717, 1.165) is 25.6 Å². The molecular formula is C14H29N3O2. The van der Waals surface area contributed by atoms with Crippen LogP contribution in [0.5, 0.6) is 0 Å². The Morgan fingerprint density at radius 1 is 1.53 bits per heavy atom. The molecule has 19 heavy (non-hydrogen) atoms. The lowest BCUT2D eigenvalue weighted by atomic mass is 10.1. The molecule has 5 nitrogen and oxygen atoms in total. The number of nitrogens with one attached hydrogen (secondary N) is 1. The van der Waals surface area contributed by atoms with Crippen molar-refractivity contribution in [1.29, 1.82) is 0 Å². The van der Waals surface area contributed by atoms with Crippen LogP contribution in [0.15, 0.2) is 0 Å². The van der Waals surface area contributed by atoms with Crippen LogP contribution in [-0.4, -0.2) is 73.2 Å². The van der Waals surface area contributed by atoms with Gasteiger partial charge in [0.05, 0.1) is 0 Å². The van der Waals surface area contributed by atoms with Gasteiger partial charge in [0, 0.05) is 19.1 Å². The summed E-state index contributed by atoms with van der Waals surface area (Å²) in [6, 6.07) is -0.233. The van der Waals surface area contributed by atoms with E-state index in [2.05, 4.69) is 29.2 Å². The SMILES string of the molecule is CC(C)NC(CCN(C)CC1CCN(C)C1)C(=O)O. The van der Waals surface area contributed by atoms with Crippen molar-refractivity contribution in [2.75, 3.05) is 40.3 Å². The van der Waals surface area contributed by atoms with E-state index in [9.17, 15) is 4.79 Å². The molecule has 1 heterocycles. The lowest BCUT2D eigenvalue weighted by molar-refractivity contribution is -0.139. The molecule has 2 atom stereocenters. The first-order valence-corrected chi connectivity index (χ1v) is 7.24. The molecule has 0 aliphatic carbocycles. The van der Waals surface area contributed by atoms with Crippen molar-refractivity contribution in [1.82, 2.24) is 15.1 Å². The number of nitrogens with zero attached hydrogens (tertiary/aromatic N) is 2. The predicted molar refractivity (Wildman–Crippen MR) is 77.4 cm³/mol.